The molecule has 0 saturated heterocycles. The molecule has 5 aliphatic rings. The van der Waals surface area contributed by atoms with Crippen molar-refractivity contribution >= 4 is 34.6 Å². The third-order valence-corrected chi connectivity index (χ3v) is 14.7. The summed E-state index contributed by atoms with van der Waals surface area (Å²) in [7, 11) is 0. The monoisotopic (exact) mass is 586 g/mol. The number of allylic oxidation sites excluding steroid dienone is 2. The number of carbonyl (C=O) groups excluding carboxylic acids is 3. The van der Waals surface area contributed by atoms with Crippen LogP contribution in [0.5, 0.6) is 0 Å². The van der Waals surface area contributed by atoms with E-state index >= 15 is 0 Å². The molecule has 1 unspecified atom stereocenters. The first-order chi connectivity index (χ1) is 18.9. The quantitative estimate of drug-likeness (QED) is 0.347. The predicted molar refractivity (Wildman–Crippen MR) is 160 cm³/mol. The second-order valence-electron chi connectivity index (χ2n) is 15.7. The van der Waals surface area contributed by atoms with Crippen molar-refractivity contribution in [2.45, 2.75) is 119 Å². The third kappa shape index (κ3) is 4.09. The summed E-state index contributed by atoms with van der Waals surface area (Å²) in [6.45, 7) is 16.5. The van der Waals surface area contributed by atoms with Crippen molar-refractivity contribution in [3.05, 3.63) is 11.6 Å². The van der Waals surface area contributed by atoms with Crippen molar-refractivity contribution in [1.29, 1.82) is 0 Å². The number of esters is 1. The number of aliphatic carboxylic acids is 1. The lowest BCUT2D eigenvalue weighted by atomic mass is 9.33. The zero-order chi connectivity index (χ0) is 30.4. The summed E-state index contributed by atoms with van der Waals surface area (Å²) in [4.78, 5) is 52.9. The van der Waals surface area contributed by atoms with E-state index in [1.54, 1.807) is 0 Å². The van der Waals surface area contributed by atoms with Crippen molar-refractivity contribution in [2.75, 3.05) is 5.75 Å². The van der Waals surface area contributed by atoms with Crippen LogP contribution in [0.4, 0.5) is 0 Å². The lowest BCUT2D eigenvalue weighted by Crippen LogP contribution is -2.68. The van der Waals surface area contributed by atoms with Gasteiger partial charge in [0, 0.05) is 12.8 Å². The molecule has 0 aliphatic heterocycles. The van der Waals surface area contributed by atoms with Gasteiger partial charge >= 0.3 is 11.9 Å². The molecule has 0 amide bonds. The van der Waals surface area contributed by atoms with Crippen LogP contribution in [0.2, 0.25) is 0 Å². The van der Waals surface area contributed by atoms with E-state index in [2.05, 4.69) is 27.7 Å². The molecule has 0 aromatic heterocycles. The van der Waals surface area contributed by atoms with Crippen molar-refractivity contribution in [3.63, 3.8) is 0 Å². The first-order valence-electron chi connectivity index (χ1n) is 15.8. The van der Waals surface area contributed by atoms with Gasteiger partial charge in [-0.1, -0.05) is 52.0 Å². The molecule has 0 aromatic rings. The molecular formula is C34H50O6S. The average molecular weight is 587 g/mol. The molecule has 1 N–H and O–H groups in total. The highest BCUT2D eigenvalue weighted by Crippen LogP contribution is 2.75. The zero-order valence-corrected chi connectivity index (χ0v) is 27.2. The van der Waals surface area contributed by atoms with E-state index < -0.39 is 28.3 Å². The van der Waals surface area contributed by atoms with Crippen LogP contribution in [0, 0.1) is 50.2 Å². The maximum absolute atomic E-state index is 14.6. The Hall–Kier alpha value is -1.63. The van der Waals surface area contributed by atoms with Gasteiger partial charge in [-0.05, 0) is 117 Å². The number of carboxylic acids is 1. The Morgan fingerprint density at radius 3 is 2.24 bits per heavy atom. The number of ketones is 1. The molecule has 0 aromatic carbocycles. The van der Waals surface area contributed by atoms with Crippen LogP contribution in [0.1, 0.15) is 113 Å². The molecule has 6 nitrogen and oxygen atoms in total. The molecule has 7 heteroatoms. The van der Waals surface area contributed by atoms with Crippen LogP contribution in [0.15, 0.2) is 11.6 Å². The standard InChI is InChI=1S/C34H50O6S/c1-9-41-28(39)34(8)24-10-13-33(7)26(31(24,5)12-11-25(34)40-20(2)35)23(36)18-21-22-19-30(4,27(37)38)15-14-29(22,3)16-17-32(21,33)6/h18,22,24-26H,9-17,19H2,1-8H3,(H,37,38)/t22-,24+,25-,26+,29+,30-,31-,32+,33+,34?/m0/s1. The summed E-state index contributed by atoms with van der Waals surface area (Å²) in [6.07, 6.45) is 8.57. The fraction of sp³-hybridized carbons (Fsp3) is 0.824. The summed E-state index contributed by atoms with van der Waals surface area (Å²) >= 11 is 1.31. The van der Waals surface area contributed by atoms with Crippen molar-refractivity contribution < 1.29 is 29.0 Å². The van der Waals surface area contributed by atoms with E-state index in [0.29, 0.717) is 25.0 Å². The lowest BCUT2D eigenvalue weighted by Gasteiger charge is -2.70. The zero-order valence-electron chi connectivity index (χ0n) is 26.4. The molecule has 0 spiro atoms. The Kier molecular flexibility index (Phi) is 7.28. The Morgan fingerprint density at radius 2 is 1.63 bits per heavy atom. The van der Waals surface area contributed by atoms with Gasteiger partial charge in [0.2, 0.25) is 0 Å². The molecule has 5 rings (SSSR count). The fourth-order valence-corrected chi connectivity index (χ4v) is 11.8. The lowest BCUT2D eigenvalue weighted by molar-refractivity contribution is -0.210. The molecule has 0 bridgehead atoms. The molecule has 41 heavy (non-hydrogen) atoms. The van der Waals surface area contributed by atoms with Crippen LogP contribution in [0.3, 0.4) is 0 Å². The smallest absolute Gasteiger partial charge is 0.309 e. The fourth-order valence-electron chi connectivity index (χ4n) is 11.0. The van der Waals surface area contributed by atoms with Gasteiger partial charge in [-0.2, -0.15) is 0 Å². The van der Waals surface area contributed by atoms with E-state index in [0.717, 1.165) is 38.5 Å². The van der Waals surface area contributed by atoms with E-state index in [4.69, 9.17) is 4.74 Å². The Morgan fingerprint density at radius 1 is 0.976 bits per heavy atom. The van der Waals surface area contributed by atoms with Gasteiger partial charge in [-0.3, -0.25) is 19.2 Å². The number of hydrogen-bond donors (Lipinski definition) is 1. The van der Waals surface area contributed by atoms with Crippen LogP contribution in [-0.4, -0.2) is 39.8 Å². The van der Waals surface area contributed by atoms with Crippen LogP contribution in [-0.2, 0) is 23.9 Å². The average Bonchev–Trinajstić information content (AvgIpc) is 2.88. The van der Waals surface area contributed by atoms with Gasteiger partial charge in [0.1, 0.15) is 6.10 Å². The van der Waals surface area contributed by atoms with E-state index in [-0.39, 0.29) is 50.9 Å². The molecule has 5 aliphatic carbocycles. The minimum atomic E-state index is -0.857. The van der Waals surface area contributed by atoms with Crippen molar-refractivity contribution in [3.8, 4) is 0 Å². The van der Waals surface area contributed by atoms with Gasteiger partial charge in [0.25, 0.3) is 0 Å². The maximum atomic E-state index is 14.6. The Bertz CT molecular complexity index is 1210. The van der Waals surface area contributed by atoms with Gasteiger partial charge in [0.15, 0.2) is 10.9 Å². The SMILES string of the molecule is CCSC(=O)C1(C)[C@@H](OC(C)=O)CC[C@]2(C)[C@H]3C(=O)C=C4[C@@H]5C[C@@](C)(C(=O)O)CC[C@]5(C)CC[C@@]4(C)[C@]3(C)CC[C@@H]12. The summed E-state index contributed by atoms with van der Waals surface area (Å²) in [5.74, 6) is -0.509. The van der Waals surface area contributed by atoms with E-state index in [1.807, 2.05) is 26.8 Å². The normalized spacial score (nSPS) is 49.0. The van der Waals surface area contributed by atoms with Crippen molar-refractivity contribution in [2.24, 2.45) is 50.2 Å². The second kappa shape index (κ2) is 9.69. The highest BCUT2D eigenvalue weighted by atomic mass is 32.2. The first kappa shape index (κ1) is 30.8. The molecule has 0 heterocycles. The van der Waals surface area contributed by atoms with Crippen molar-refractivity contribution in [1.82, 2.24) is 0 Å². The van der Waals surface area contributed by atoms with Gasteiger partial charge in [-0.15, -0.1) is 0 Å². The maximum Gasteiger partial charge on any atom is 0.309 e. The number of rotatable bonds is 4. The molecule has 4 saturated carbocycles. The molecule has 10 atom stereocenters. The van der Waals surface area contributed by atoms with Gasteiger partial charge < -0.3 is 9.84 Å². The minimum absolute atomic E-state index is 0.00927. The molecule has 228 valence electrons. The predicted octanol–water partition coefficient (Wildman–Crippen LogP) is 7.24. The number of hydrogen-bond acceptors (Lipinski definition) is 6. The van der Waals surface area contributed by atoms with E-state index in [9.17, 15) is 24.3 Å². The number of fused-ring (bicyclic) bond motifs is 7. The molecule has 0 radical (unpaired) electrons. The summed E-state index contributed by atoms with van der Waals surface area (Å²) in [5.41, 5.74) is -1.35. The summed E-state index contributed by atoms with van der Waals surface area (Å²) in [6, 6.07) is 0. The Balaban J connectivity index is 1.61. The minimum Gasteiger partial charge on any atom is -0.481 e. The third-order valence-electron chi connectivity index (χ3n) is 13.7. The molecular weight excluding hydrogens is 536 g/mol. The first-order valence-corrected chi connectivity index (χ1v) is 16.8. The number of carbonyl (C=O) groups is 4. The van der Waals surface area contributed by atoms with Gasteiger partial charge in [0.05, 0.1) is 10.8 Å². The Labute approximate surface area is 250 Å². The van der Waals surface area contributed by atoms with Crippen LogP contribution < -0.4 is 0 Å². The number of carboxylic acid groups (broad SMARTS) is 1. The highest BCUT2D eigenvalue weighted by Gasteiger charge is 2.72. The van der Waals surface area contributed by atoms with Crippen LogP contribution >= 0.6 is 11.8 Å². The van der Waals surface area contributed by atoms with Crippen LogP contribution in [0.25, 0.3) is 0 Å². The largest absolute Gasteiger partial charge is 0.481 e. The number of thioether (sulfide) groups is 1. The summed E-state index contributed by atoms with van der Waals surface area (Å²) in [5, 5.41) is 10.2. The number of ether oxygens (including phenoxy) is 1. The van der Waals surface area contributed by atoms with E-state index in [1.165, 1.54) is 24.3 Å². The topological polar surface area (TPSA) is 97.7 Å². The summed E-state index contributed by atoms with van der Waals surface area (Å²) < 4.78 is 5.85. The second-order valence-corrected chi connectivity index (χ2v) is 16.9. The van der Waals surface area contributed by atoms with Gasteiger partial charge in [-0.25, -0.2) is 0 Å². The highest BCUT2D eigenvalue weighted by molar-refractivity contribution is 8.13. The molecule has 4 fully saturated rings.